The Morgan fingerprint density at radius 3 is 2.44 bits per heavy atom. The normalized spacial score (nSPS) is 9.96. The van der Waals surface area contributed by atoms with Gasteiger partial charge >= 0.3 is 0 Å². The second-order valence-corrected chi connectivity index (χ2v) is 5.88. The van der Waals surface area contributed by atoms with Crippen LogP contribution in [-0.4, -0.2) is 23.3 Å². The molecule has 0 aliphatic rings. The molecule has 1 N–H and O–H groups in total. The topological polar surface area (TPSA) is 73.2 Å². The van der Waals surface area contributed by atoms with Crippen molar-refractivity contribution in [3.63, 3.8) is 0 Å². The maximum Gasteiger partial charge on any atom is 0.226 e. The van der Waals surface area contributed by atoms with Crippen molar-refractivity contribution in [2.45, 2.75) is 26.8 Å². The van der Waals surface area contributed by atoms with Crippen LogP contribution >= 0.6 is 0 Å². The summed E-state index contributed by atoms with van der Waals surface area (Å²) in [6, 6.07) is 16.8. The molecule has 2 amide bonds. The van der Waals surface area contributed by atoms with Gasteiger partial charge in [0.05, 0.1) is 11.3 Å². The van der Waals surface area contributed by atoms with E-state index in [4.69, 9.17) is 5.26 Å². The second-order valence-electron chi connectivity index (χ2n) is 5.88. The number of nitriles is 1. The zero-order valence-electron chi connectivity index (χ0n) is 14.5. The number of rotatable bonds is 6. The van der Waals surface area contributed by atoms with E-state index in [1.54, 1.807) is 29.2 Å². The van der Waals surface area contributed by atoms with Gasteiger partial charge in [0.15, 0.2) is 0 Å². The SMILES string of the molecule is CC(=O)N(CCC(=O)Nc1ccccc1C#N)Cc1ccc(C)cc1. The van der Waals surface area contributed by atoms with Crippen molar-refractivity contribution >= 4 is 17.5 Å². The van der Waals surface area contributed by atoms with E-state index < -0.39 is 0 Å². The van der Waals surface area contributed by atoms with Gasteiger partial charge in [-0.2, -0.15) is 5.26 Å². The fourth-order valence-electron chi connectivity index (χ4n) is 2.40. The minimum absolute atomic E-state index is 0.0780. The standard InChI is InChI=1S/C20H21N3O2/c1-15-7-9-17(10-8-15)14-23(16(2)24)12-11-20(25)22-19-6-4-3-5-18(19)13-21/h3-10H,11-12,14H2,1-2H3,(H,22,25). The van der Waals surface area contributed by atoms with Crippen LogP contribution in [0.15, 0.2) is 48.5 Å². The number of hydrogen-bond donors (Lipinski definition) is 1. The van der Waals surface area contributed by atoms with Gasteiger partial charge in [-0.25, -0.2) is 0 Å². The monoisotopic (exact) mass is 335 g/mol. The number of carbonyl (C=O) groups excluding carboxylic acids is 2. The van der Waals surface area contributed by atoms with Crippen molar-refractivity contribution in [3.05, 3.63) is 65.2 Å². The predicted octanol–water partition coefficient (Wildman–Crippen LogP) is 3.24. The summed E-state index contributed by atoms with van der Waals surface area (Å²) in [7, 11) is 0. The zero-order chi connectivity index (χ0) is 18.2. The summed E-state index contributed by atoms with van der Waals surface area (Å²) in [5.74, 6) is -0.302. The summed E-state index contributed by atoms with van der Waals surface area (Å²) in [6.07, 6.45) is 0.172. The van der Waals surface area contributed by atoms with E-state index >= 15 is 0 Å². The molecule has 0 saturated carbocycles. The summed E-state index contributed by atoms with van der Waals surface area (Å²) in [6.45, 7) is 4.30. The molecule has 0 saturated heterocycles. The third-order valence-corrected chi connectivity index (χ3v) is 3.87. The van der Waals surface area contributed by atoms with Crippen LogP contribution in [0.5, 0.6) is 0 Å². The predicted molar refractivity (Wildman–Crippen MR) is 96.7 cm³/mol. The van der Waals surface area contributed by atoms with Crippen LogP contribution in [0, 0.1) is 18.3 Å². The highest BCUT2D eigenvalue weighted by atomic mass is 16.2. The number of benzene rings is 2. The molecule has 0 heterocycles. The summed E-state index contributed by atoms with van der Waals surface area (Å²) in [4.78, 5) is 25.6. The van der Waals surface area contributed by atoms with Crippen LogP contribution in [-0.2, 0) is 16.1 Å². The number of carbonyl (C=O) groups is 2. The van der Waals surface area contributed by atoms with E-state index in [-0.39, 0.29) is 18.2 Å². The fourth-order valence-corrected chi connectivity index (χ4v) is 2.40. The Hall–Kier alpha value is -3.13. The third-order valence-electron chi connectivity index (χ3n) is 3.87. The lowest BCUT2D eigenvalue weighted by Gasteiger charge is -2.21. The van der Waals surface area contributed by atoms with Crippen molar-refractivity contribution in [1.82, 2.24) is 4.90 Å². The first-order valence-corrected chi connectivity index (χ1v) is 8.09. The number of aryl methyl sites for hydroxylation is 1. The molecular formula is C20H21N3O2. The molecule has 2 aromatic rings. The molecule has 0 spiro atoms. The molecule has 0 aromatic heterocycles. The van der Waals surface area contributed by atoms with Crippen LogP contribution in [0.4, 0.5) is 5.69 Å². The van der Waals surface area contributed by atoms with Gasteiger partial charge in [0.1, 0.15) is 6.07 Å². The number of hydrogen-bond acceptors (Lipinski definition) is 3. The minimum Gasteiger partial charge on any atom is -0.338 e. The molecule has 5 heteroatoms. The molecule has 0 unspecified atom stereocenters. The largest absolute Gasteiger partial charge is 0.338 e. The van der Waals surface area contributed by atoms with E-state index in [9.17, 15) is 9.59 Å². The zero-order valence-corrected chi connectivity index (χ0v) is 14.5. The molecular weight excluding hydrogens is 314 g/mol. The van der Waals surface area contributed by atoms with E-state index in [2.05, 4.69) is 5.32 Å². The fraction of sp³-hybridized carbons (Fsp3) is 0.250. The first kappa shape index (κ1) is 18.2. The molecule has 0 aliphatic carbocycles. The van der Waals surface area contributed by atoms with Crippen LogP contribution in [0.2, 0.25) is 0 Å². The molecule has 0 radical (unpaired) electrons. The summed E-state index contributed by atoms with van der Waals surface area (Å²) >= 11 is 0. The molecule has 0 atom stereocenters. The quantitative estimate of drug-likeness (QED) is 0.881. The Morgan fingerprint density at radius 1 is 1.12 bits per heavy atom. The van der Waals surface area contributed by atoms with Crippen molar-refractivity contribution in [1.29, 1.82) is 5.26 Å². The molecule has 25 heavy (non-hydrogen) atoms. The van der Waals surface area contributed by atoms with Crippen LogP contribution < -0.4 is 5.32 Å². The Balaban J connectivity index is 1.94. The number of nitrogens with zero attached hydrogens (tertiary/aromatic N) is 2. The molecule has 0 bridgehead atoms. The van der Waals surface area contributed by atoms with Crippen molar-refractivity contribution in [2.75, 3.05) is 11.9 Å². The van der Waals surface area contributed by atoms with Crippen LogP contribution in [0.1, 0.15) is 30.0 Å². The van der Waals surface area contributed by atoms with Crippen LogP contribution in [0.25, 0.3) is 0 Å². The highest BCUT2D eigenvalue weighted by Gasteiger charge is 2.13. The van der Waals surface area contributed by atoms with Gasteiger partial charge in [-0.05, 0) is 24.6 Å². The minimum atomic E-state index is -0.224. The first-order chi connectivity index (χ1) is 12.0. The van der Waals surface area contributed by atoms with E-state index in [1.807, 2.05) is 37.3 Å². The molecule has 5 nitrogen and oxygen atoms in total. The Kier molecular flexibility index (Phi) is 6.30. The maximum absolute atomic E-state index is 12.1. The van der Waals surface area contributed by atoms with Crippen molar-refractivity contribution in [2.24, 2.45) is 0 Å². The van der Waals surface area contributed by atoms with Gasteiger partial charge in [0.25, 0.3) is 0 Å². The van der Waals surface area contributed by atoms with Gasteiger partial charge in [0, 0.05) is 26.4 Å². The number of para-hydroxylation sites is 1. The lowest BCUT2D eigenvalue weighted by Crippen LogP contribution is -2.31. The lowest BCUT2D eigenvalue weighted by molar-refractivity contribution is -0.129. The van der Waals surface area contributed by atoms with Gasteiger partial charge in [-0.1, -0.05) is 42.0 Å². The van der Waals surface area contributed by atoms with Crippen molar-refractivity contribution in [3.8, 4) is 6.07 Å². The van der Waals surface area contributed by atoms with Gasteiger partial charge < -0.3 is 10.2 Å². The molecule has 128 valence electrons. The highest BCUT2D eigenvalue weighted by molar-refractivity contribution is 5.92. The van der Waals surface area contributed by atoms with Gasteiger partial charge in [-0.15, -0.1) is 0 Å². The smallest absolute Gasteiger partial charge is 0.226 e. The van der Waals surface area contributed by atoms with Crippen molar-refractivity contribution < 1.29 is 9.59 Å². The Labute approximate surface area is 147 Å². The number of amides is 2. The molecule has 0 fully saturated rings. The van der Waals surface area contributed by atoms with E-state index in [0.29, 0.717) is 24.3 Å². The average molecular weight is 335 g/mol. The molecule has 2 rings (SSSR count). The maximum atomic E-state index is 12.1. The van der Waals surface area contributed by atoms with Gasteiger partial charge in [-0.3, -0.25) is 9.59 Å². The average Bonchev–Trinajstić information content (AvgIpc) is 2.60. The molecule has 2 aromatic carbocycles. The van der Waals surface area contributed by atoms with E-state index in [0.717, 1.165) is 11.1 Å². The van der Waals surface area contributed by atoms with E-state index in [1.165, 1.54) is 6.92 Å². The summed E-state index contributed by atoms with van der Waals surface area (Å²) < 4.78 is 0. The summed E-state index contributed by atoms with van der Waals surface area (Å²) in [5.41, 5.74) is 3.09. The Bertz CT molecular complexity index is 791. The second kappa shape index (κ2) is 8.65. The third kappa shape index (κ3) is 5.47. The van der Waals surface area contributed by atoms with Crippen LogP contribution in [0.3, 0.4) is 0 Å². The summed E-state index contributed by atoms with van der Waals surface area (Å²) in [5, 5.41) is 11.8. The van der Waals surface area contributed by atoms with Gasteiger partial charge in [0.2, 0.25) is 11.8 Å². The number of nitrogens with one attached hydrogen (secondary N) is 1. The first-order valence-electron chi connectivity index (χ1n) is 8.09. The highest BCUT2D eigenvalue weighted by Crippen LogP contribution is 2.14. The number of anilines is 1. The Morgan fingerprint density at radius 2 is 1.80 bits per heavy atom. The molecule has 0 aliphatic heterocycles. The lowest BCUT2D eigenvalue weighted by atomic mass is 10.1.